The Hall–Kier alpha value is -1.34. The molecule has 0 atom stereocenters. The summed E-state index contributed by atoms with van der Waals surface area (Å²) in [6.07, 6.45) is 0. The van der Waals surface area contributed by atoms with E-state index in [0.29, 0.717) is 11.3 Å². The molecular formula is C13H22N2O4S. The number of aryl methyl sites for hydroxylation is 1. The van der Waals surface area contributed by atoms with Gasteiger partial charge >= 0.3 is 5.97 Å². The monoisotopic (exact) mass is 302 g/mol. The van der Waals surface area contributed by atoms with E-state index in [9.17, 15) is 13.2 Å². The summed E-state index contributed by atoms with van der Waals surface area (Å²) in [4.78, 5) is 14.7. The van der Waals surface area contributed by atoms with Crippen molar-refractivity contribution >= 4 is 16.0 Å². The molecule has 0 radical (unpaired) electrons. The largest absolute Gasteiger partial charge is 0.461 e. The fourth-order valence-corrected chi connectivity index (χ4v) is 3.86. The SMILES string of the molecule is CCOC(=O)c1[nH]c(C)c(S(=O)(=O)NC(C)(C)C)c1C. The molecule has 114 valence electrons. The smallest absolute Gasteiger partial charge is 0.355 e. The highest BCUT2D eigenvalue weighted by atomic mass is 32.2. The minimum absolute atomic E-state index is 0.107. The first-order valence-corrected chi connectivity index (χ1v) is 7.88. The van der Waals surface area contributed by atoms with E-state index in [2.05, 4.69) is 9.71 Å². The van der Waals surface area contributed by atoms with Crippen molar-refractivity contribution in [3.63, 3.8) is 0 Å². The maximum absolute atomic E-state index is 12.4. The van der Waals surface area contributed by atoms with Gasteiger partial charge in [-0.3, -0.25) is 0 Å². The maximum Gasteiger partial charge on any atom is 0.355 e. The Morgan fingerprint density at radius 2 is 1.85 bits per heavy atom. The number of ether oxygens (including phenoxy) is 1. The Bertz CT molecular complexity index is 609. The van der Waals surface area contributed by atoms with Crippen molar-refractivity contribution in [2.45, 2.75) is 52.0 Å². The van der Waals surface area contributed by atoms with Gasteiger partial charge in [-0.25, -0.2) is 17.9 Å². The standard InChI is InChI=1S/C13H22N2O4S/c1-7-19-12(16)10-8(2)11(9(3)14-10)20(17,18)15-13(4,5)6/h14-15H,7H2,1-6H3. The van der Waals surface area contributed by atoms with Gasteiger partial charge in [0, 0.05) is 16.8 Å². The molecule has 0 aliphatic rings. The van der Waals surface area contributed by atoms with Gasteiger partial charge in [-0.1, -0.05) is 0 Å². The van der Waals surface area contributed by atoms with E-state index in [1.54, 1.807) is 41.5 Å². The Labute approximate surface area is 120 Å². The number of rotatable bonds is 4. The lowest BCUT2D eigenvalue weighted by molar-refractivity contribution is 0.0519. The molecule has 1 rings (SSSR count). The second kappa shape index (κ2) is 5.57. The highest BCUT2D eigenvalue weighted by molar-refractivity contribution is 7.89. The van der Waals surface area contributed by atoms with E-state index in [4.69, 9.17) is 4.74 Å². The number of aromatic amines is 1. The van der Waals surface area contributed by atoms with E-state index in [0.717, 1.165) is 0 Å². The minimum Gasteiger partial charge on any atom is -0.461 e. The molecule has 0 saturated carbocycles. The molecule has 0 saturated heterocycles. The molecular weight excluding hydrogens is 280 g/mol. The van der Waals surface area contributed by atoms with E-state index in [1.165, 1.54) is 0 Å². The van der Waals surface area contributed by atoms with Crippen LogP contribution in [-0.2, 0) is 14.8 Å². The van der Waals surface area contributed by atoms with Crippen LogP contribution in [0.2, 0.25) is 0 Å². The molecule has 2 N–H and O–H groups in total. The van der Waals surface area contributed by atoms with E-state index in [1.807, 2.05) is 0 Å². The first kappa shape index (κ1) is 16.7. The van der Waals surface area contributed by atoms with Gasteiger partial charge in [-0.05, 0) is 41.5 Å². The van der Waals surface area contributed by atoms with Crippen molar-refractivity contribution in [1.82, 2.24) is 9.71 Å². The van der Waals surface area contributed by atoms with Gasteiger partial charge in [0.25, 0.3) is 0 Å². The molecule has 20 heavy (non-hydrogen) atoms. The van der Waals surface area contributed by atoms with Crippen molar-refractivity contribution < 1.29 is 17.9 Å². The number of esters is 1. The third-order valence-electron chi connectivity index (χ3n) is 2.56. The summed E-state index contributed by atoms with van der Waals surface area (Å²) in [6.45, 7) is 10.4. The van der Waals surface area contributed by atoms with Crippen LogP contribution in [0.15, 0.2) is 4.90 Å². The van der Waals surface area contributed by atoms with Crippen LogP contribution in [0, 0.1) is 13.8 Å². The van der Waals surface area contributed by atoms with Crippen molar-refractivity contribution in [1.29, 1.82) is 0 Å². The minimum atomic E-state index is -3.70. The summed E-state index contributed by atoms with van der Waals surface area (Å²) < 4.78 is 32.3. The van der Waals surface area contributed by atoms with Crippen molar-refractivity contribution in [2.75, 3.05) is 6.61 Å². The van der Waals surface area contributed by atoms with Crippen molar-refractivity contribution in [2.24, 2.45) is 0 Å². The lowest BCUT2D eigenvalue weighted by Gasteiger charge is -2.20. The number of H-pyrrole nitrogens is 1. The lowest BCUT2D eigenvalue weighted by Crippen LogP contribution is -2.40. The summed E-state index contributed by atoms with van der Waals surface area (Å²) in [5.74, 6) is -0.551. The lowest BCUT2D eigenvalue weighted by atomic mass is 10.1. The Morgan fingerprint density at radius 1 is 1.30 bits per heavy atom. The Balaban J connectivity index is 3.31. The second-order valence-electron chi connectivity index (χ2n) is 5.66. The average molecular weight is 302 g/mol. The number of carbonyl (C=O) groups excluding carboxylic acids is 1. The molecule has 0 fully saturated rings. The Morgan fingerprint density at radius 3 is 2.30 bits per heavy atom. The topological polar surface area (TPSA) is 88.3 Å². The molecule has 0 spiro atoms. The normalized spacial score (nSPS) is 12.5. The molecule has 0 amide bonds. The number of nitrogens with one attached hydrogen (secondary N) is 2. The Kier molecular flexibility index (Phi) is 4.66. The first-order valence-electron chi connectivity index (χ1n) is 6.40. The van der Waals surface area contributed by atoms with Crippen LogP contribution in [-0.4, -0.2) is 31.5 Å². The van der Waals surface area contributed by atoms with Crippen molar-refractivity contribution in [3.05, 3.63) is 17.0 Å². The predicted molar refractivity (Wildman–Crippen MR) is 76.3 cm³/mol. The number of sulfonamides is 1. The fourth-order valence-electron chi connectivity index (χ4n) is 2.00. The number of carbonyl (C=O) groups is 1. The van der Waals surface area contributed by atoms with Gasteiger partial charge in [0.2, 0.25) is 10.0 Å². The highest BCUT2D eigenvalue weighted by Gasteiger charge is 2.29. The third kappa shape index (κ3) is 3.61. The van der Waals surface area contributed by atoms with Gasteiger partial charge in [0.15, 0.2) is 0 Å². The summed E-state index contributed by atoms with van der Waals surface area (Å²) in [5, 5.41) is 0. The van der Waals surface area contributed by atoms with Gasteiger partial charge in [-0.15, -0.1) is 0 Å². The van der Waals surface area contributed by atoms with Crippen LogP contribution in [0.5, 0.6) is 0 Å². The van der Waals surface area contributed by atoms with Crippen LogP contribution >= 0.6 is 0 Å². The first-order chi connectivity index (χ1) is 8.99. The van der Waals surface area contributed by atoms with Crippen molar-refractivity contribution in [3.8, 4) is 0 Å². The molecule has 1 aromatic heterocycles. The molecule has 1 heterocycles. The molecule has 0 aliphatic heterocycles. The van der Waals surface area contributed by atoms with Gasteiger partial charge < -0.3 is 9.72 Å². The van der Waals surface area contributed by atoms with Crippen LogP contribution in [0.4, 0.5) is 0 Å². The van der Waals surface area contributed by atoms with Crippen LogP contribution in [0.3, 0.4) is 0 Å². The number of hydrogen-bond acceptors (Lipinski definition) is 4. The van der Waals surface area contributed by atoms with Gasteiger partial charge in [-0.2, -0.15) is 0 Å². The van der Waals surface area contributed by atoms with Crippen LogP contribution in [0.1, 0.15) is 49.4 Å². The molecule has 1 aromatic rings. The van der Waals surface area contributed by atoms with Gasteiger partial charge in [0.1, 0.15) is 10.6 Å². The molecule has 0 unspecified atom stereocenters. The molecule has 6 nitrogen and oxygen atoms in total. The number of hydrogen-bond donors (Lipinski definition) is 2. The highest BCUT2D eigenvalue weighted by Crippen LogP contribution is 2.24. The van der Waals surface area contributed by atoms with E-state index < -0.39 is 21.5 Å². The van der Waals surface area contributed by atoms with Gasteiger partial charge in [0.05, 0.1) is 6.61 Å². The zero-order valence-electron chi connectivity index (χ0n) is 12.7. The average Bonchev–Trinajstić information content (AvgIpc) is 2.51. The molecule has 0 aromatic carbocycles. The quantitative estimate of drug-likeness (QED) is 0.831. The maximum atomic E-state index is 12.4. The third-order valence-corrected chi connectivity index (χ3v) is 4.59. The summed E-state index contributed by atoms with van der Waals surface area (Å²) in [6, 6.07) is 0. The second-order valence-corrected chi connectivity index (χ2v) is 7.27. The zero-order chi connectivity index (χ0) is 15.7. The van der Waals surface area contributed by atoms with E-state index in [-0.39, 0.29) is 17.2 Å². The fraction of sp³-hybridized carbons (Fsp3) is 0.615. The summed E-state index contributed by atoms with van der Waals surface area (Å²) >= 11 is 0. The molecule has 0 aliphatic carbocycles. The zero-order valence-corrected chi connectivity index (χ0v) is 13.6. The number of aromatic nitrogens is 1. The predicted octanol–water partition coefficient (Wildman–Crippen LogP) is 1.89. The van der Waals surface area contributed by atoms with Crippen LogP contribution < -0.4 is 4.72 Å². The summed E-state index contributed by atoms with van der Waals surface area (Å²) in [7, 11) is -3.70. The molecule has 0 bridgehead atoms. The van der Waals surface area contributed by atoms with Crippen LogP contribution in [0.25, 0.3) is 0 Å². The molecule has 7 heteroatoms. The van der Waals surface area contributed by atoms with E-state index >= 15 is 0 Å². The summed E-state index contributed by atoms with van der Waals surface area (Å²) in [5.41, 5.74) is 0.373.